The average Bonchev–Trinajstić information content (AvgIpc) is 2.96. The number of nitrogens with zero attached hydrogens (tertiary/aromatic N) is 3. The van der Waals surface area contributed by atoms with Gasteiger partial charge in [0.15, 0.2) is 0 Å². The normalized spacial score (nSPS) is 18.9. The number of methoxy groups -OCH3 is 1. The van der Waals surface area contributed by atoms with Crippen molar-refractivity contribution in [3.05, 3.63) is 11.6 Å². The van der Waals surface area contributed by atoms with Crippen LogP contribution in [0.2, 0.25) is 0 Å². The molecule has 0 aliphatic carbocycles. The molecule has 110 valence electrons. The summed E-state index contributed by atoms with van der Waals surface area (Å²) in [7, 11) is 1.36. The molecule has 0 aromatic carbocycles. The van der Waals surface area contributed by atoms with E-state index < -0.39 is 0 Å². The van der Waals surface area contributed by atoms with Crippen LogP contribution in [0.1, 0.15) is 49.1 Å². The molecule has 1 atom stereocenters. The minimum Gasteiger partial charge on any atom is -0.469 e. The van der Waals surface area contributed by atoms with Crippen LogP contribution in [0.25, 0.3) is 0 Å². The minimum absolute atomic E-state index is 0.118. The smallest absolute Gasteiger partial charge is 0.307 e. The van der Waals surface area contributed by atoms with E-state index in [9.17, 15) is 9.59 Å². The summed E-state index contributed by atoms with van der Waals surface area (Å²) < 4.78 is 4.69. The Kier molecular flexibility index (Phi) is 4.70. The van der Waals surface area contributed by atoms with Gasteiger partial charge in [0.2, 0.25) is 5.82 Å². The number of H-pyrrole nitrogens is 1. The van der Waals surface area contributed by atoms with E-state index in [1.165, 1.54) is 7.11 Å². The Balaban J connectivity index is 2.10. The minimum atomic E-state index is -0.293. The molecule has 1 aromatic heterocycles. The van der Waals surface area contributed by atoms with Crippen LogP contribution in [0.5, 0.6) is 0 Å². The molecule has 2 heterocycles. The molecule has 0 bridgehead atoms. The number of hydrogen-bond acceptors (Lipinski definition) is 5. The third-order valence-corrected chi connectivity index (χ3v) is 3.58. The van der Waals surface area contributed by atoms with Gasteiger partial charge in [0.1, 0.15) is 5.82 Å². The molecular formula is C13H20N4O3. The number of amides is 1. The Hall–Kier alpha value is -1.92. The van der Waals surface area contributed by atoms with Crippen molar-refractivity contribution in [1.82, 2.24) is 20.1 Å². The maximum Gasteiger partial charge on any atom is 0.307 e. The highest BCUT2D eigenvalue weighted by Gasteiger charge is 2.31. The Bertz CT molecular complexity index is 486. The molecular weight excluding hydrogens is 260 g/mol. The van der Waals surface area contributed by atoms with E-state index in [0.717, 1.165) is 19.3 Å². The van der Waals surface area contributed by atoms with E-state index in [-0.39, 0.29) is 30.2 Å². The first-order chi connectivity index (χ1) is 9.65. The van der Waals surface area contributed by atoms with Gasteiger partial charge in [-0.15, -0.1) is 5.10 Å². The largest absolute Gasteiger partial charge is 0.469 e. The van der Waals surface area contributed by atoms with Crippen LogP contribution in [0.15, 0.2) is 0 Å². The lowest BCUT2D eigenvalue weighted by atomic mass is 9.99. The highest BCUT2D eigenvalue weighted by Crippen LogP contribution is 2.21. The standard InChI is InChI=1S/C13H20N4O3/c1-3-10-14-12(16-15-10)13(19)17-7-5-4-6-9(17)8-11(18)20-2/h9H,3-8H2,1-2H3,(H,14,15,16). The number of rotatable bonds is 4. The molecule has 7 heteroatoms. The molecule has 1 N–H and O–H groups in total. The lowest BCUT2D eigenvalue weighted by molar-refractivity contribution is -0.142. The van der Waals surface area contributed by atoms with Crippen LogP contribution in [0, 0.1) is 0 Å². The number of piperidine rings is 1. The Morgan fingerprint density at radius 1 is 1.45 bits per heavy atom. The predicted octanol–water partition coefficient (Wildman–Crippen LogP) is 0.925. The first kappa shape index (κ1) is 14.5. The maximum atomic E-state index is 12.4. The molecule has 20 heavy (non-hydrogen) atoms. The topological polar surface area (TPSA) is 88.2 Å². The Morgan fingerprint density at radius 2 is 2.25 bits per heavy atom. The molecule has 1 fully saturated rings. The highest BCUT2D eigenvalue weighted by atomic mass is 16.5. The van der Waals surface area contributed by atoms with Crippen molar-refractivity contribution in [2.75, 3.05) is 13.7 Å². The van der Waals surface area contributed by atoms with Gasteiger partial charge in [-0.1, -0.05) is 6.92 Å². The van der Waals surface area contributed by atoms with Crippen LogP contribution in [0.4, 0.5) is 0 Å². The molecule has 0 spiro atoms. The van der Waals surface area contributed by atoms with E-state index in [1.807, 2.05) is 6.92 Å². The summed E-state index contributed by atoms with van der Waals surface area (Å²) in [6.07, 6.45) is 3.69. The van der Waals surface area contributed by atoms with E-state index in [0.29, 0.717) is 18.8 Å². The lowest BCUT2D eigenvalue weighted by Gasteiger charge is -2.34. The van der Waals surface area contributed by atoms with Gasteiger partial charge in [0, 0.05) is 19.0 Å². The molecule has 1 unspecified atom stereocenters. The van der Waals surface area contributed by atoms with Gasteiger partial charge in [0.25, 0.3) is 5.91 Å². The van der Waals surface area contributed by atoms with Crippen molar-refractivity contribution >= 4 is 11.9 Å². The number of aromatic nitrogens is 3. The summed E-state index contributed by atoms with van der Waals surface area (Å²) in [5, 5.41) is 6.69. The Morgan fingerprint density at radius 3 is 2.90 bits per heavy atom. The Labute approximate surface area is 117 Å². The average molecular weight is 280 g/mol. The second-order valence-corrected chi connectivity index (χ2v) is 4.89. The fourth-order valence-electron chi connectivity index (χ4n) is 2.43. The molecule has 2 rings (SSSR count). The van der Waals surface area contributed by atoms with Gasteiger partial charge in [-0.3, -0.25) is 14.7 Å². The molecule has 1 aliphatic rings. The van der Waals surface area contributed by atoms with Crippen LogP contribution in [0.3, 0.4) is 0 Å². The monoisotopic (exact) mass is 280 g/mol. The zero-order valence-electron chi connectivity index (χ0n) is 11.9. The van der Waals surface area contributed by atoms with Crippen LogP contribution in [-0.4, -0.2) is 51.7 Å². The summed E-state index contributed by atoms with van der Waals surface area (Å²) in [6.45, 7) is 2.58. The number of aromatic amines is 1. The molecule has 7 nitrogen and oxygen atoms in total. The first-order valence-electron chi connectivity index (χ1n) is 6.94. The van der Waals surface area contributed by atoms with Crippen LogP contribution >= 0.6 is 0 Å². The van der Waals surface area contributed by atoms with Crippen molar-refractivity contribution in [2.24, 2.45) is 0 Å². The maximum absolute atomic E-state index is 12.4. The van der Waals surface area contributed by atoms with E-state index >= 15 is 0 Å². The predicted molar refractivity (Wildman–Crippen MR) is 71.1 cm³/mol. The number of ether oxygens (including phenoxy) is 1. The van der Waals surface area contributed by atoms with E-state index in [2.05, 4.69) is 15.2 Å². The van der Waals surface area contributed by atoms with Crippen LogP contribution < -0.4 is 0 Å². The number of carbonyl (C=O) groups is 2. The fourth-order valence-corrected chi connectivity index (χ4v) is 2.43. The van der Waals surface area contributed by atoms with Gasteiger partial charge < -0.3 is 9.64 Å². The first-order valence-corrected chi connectivity index (χ1v) is 6.94. The third-order valence-electron chi connectivity index (χ3n) is 3.58. The molecule has 0 radical (unpaired) electrons. The van der Waals surface area contributed by atoms with Gasteiger partial charge in [-0.2, -0.15) is 0 Å². The number of aryl methyl sites for hydroxylation is 1. The quantitative estimate of drug-likeness (QED) is 0.829. The summed E-state index contributed by atoms with van der Waals surface area (Å²) >= 11 is 0. The molecule has 0 saturated carbocycles. The van der Waals surface area contributed by atoms with Gasteiger partial charge in [-0.05, 0) is 19.3 Å². The lowest BCUT2D eigenvalue weighted by Crippen LogP contribution is -2.45. The van der Waals surface area contributed by atoms with Crippen molar-refractivity contribution in [2.45, 2.75) is 45.1 Å². The summed E-state index contributed by atoms with van der Waals surface area (Å²) in [6, 6.07) is -0.118. The molecule has 1 saturated heterocycles. The zero-order valence-corrected chi connectivity index (χ0v) is 11.9. The number of esters is 1. The second-order valence-electron chi connectivity index (χ2n) is 4.89. The second kappa shape index (κ2) is 6.49. The summed E-state index contributed by atoms with van der Waals surface area (Å²) in [4.78, 5) is 29.7. The van der Waals surface area contributed by atoms with Crippen molar-refractivity contribution in [3.63, 3.8) is 0 Å². The van der Waals surface area contributed by atoms with Crippen molar-refractivity contribution in [1.29, 1.82) is 0 Å². The van der Waals surface area contributed by atoms with Gasteiger partial charge in [0.05, 0.1) is 13.5 Å². The number of carbonyl (C=O) groups excluding carboxylic acids is 2. The highest BCUT2D eigenvalue weighted by molar-refractivity contribution is 5.91. The third kappa shape index (κ3) is 3.15. The van der Waals surface area contributed by atoms with E-state index in [1.54, 1.807) is 4.90 Å². The SMILES string of the molecule is CCc1nc(C(=O)N2CCCCC2CC(=O)OC)n[nH]1. The molecule has 1 amide bonds. The number of hydrogen-bond donors (Lipinski definition) is 1. The fraction of sp³-hybridized carbons (Fsp3) is 0.692. The molecule has 1 aliphatic heterocycles. The number of likely N-dealkylation sites (tertiary alicyclic amines) is 1. The summed E-state index contributed by atoms with van der Waals surface area (Å²) in [5.74, 6) is 0.363. The summed E-state index contributed by atoms with van der Waals surface area (Å²) in [5.41, 5.74) is 0. The van der Waals surface area contributed by atoms with Crippen molar-refractivity contribution in [3.8, 4) is 0 Å². The van der Waals surface area contributed by atoms with Crippen molar-refractivity contribution < 1.29 is 14.3 Å². The van der Waals surface area contributed by atoms with Gasteiger partial charge in [-0.25, -0.2) is 4.98 Å². The van der Waals surface area contributed by atoms with E-state index in [4.69, 9.17) is 4.74 Å². The number of nitrogens with one attached hydrogen (secondary N) is 1. The van der Waals surface area contributed by atoms with Gasteiger partial charge >= 0.3 is 5.97 Å². The van der Waals surface area contributed by atoms with Crippen LogP contribution in [-0.2, 0) is 16.0 Å². The zero-order chi connectivity index (χ0) is 14.5. The molecule has 1 aromatic rings.